The SMILES string of the molecule is CC(C)N(C)CCNC1CC(c2cccc(F)c2)C1. The second-order valence-electron chi connectivity index (χ2n) is 5.95. The topological polar surface area (TPSA) is 15.3 Å². The minimum Gasteiger partial charge on any atom is -0.313 e. The fraction of sp³-hybridized carbons (Fsp3) is 0.625. The zero-order valence-electron chi connectivity index (χ0n) is 12.2. The second kappa shape index (κ2) is 6.49. The Labute approximate surface area is 116 Å². The molecule has 0 amide bonds. The number of halogens is 1. The third-order valence-electron chi connectivity index (χ3n) is 4.24. The molecular formula is C16H25FN2. The molecule has 0 aromatic heterocycles. The van der Waals surface area contributed by atoms with E-state index in [-0.39, 0.29) is 5.82 Å². The molecule has 1 aromatic carbocycles. The van der Waals surface area contributed by atoms with Crippen LogP contribution in [0.25, 0.3) is 0 Å². The van der Waals surface area contributed by atoms with Crippen LogP contribution in [0.5, 0.6) is 0 Å². The molecule has 0 aliphatic heterocycles. The number of nitrogens with zero attached hydrogens (tertiary/aromatic N) is 1. The van der Waals surface area contributed by atoms with Crippen LogP contribution in [0.3, 0.4) is 0 Å². The molecule has 1 N–H and O–H groups in total. The highest BCUT2D eigenvalue weighted by atomic mass is 19.1. The predicted octanol–water partition coefficient (Wildman–Crippen LogP) is 3.00. The molecule has 2 nitrogen and oxygen atoms in total. The highest BCUT2D eigenvalue weighted by Crippen LogP contribution is 2.36. The van der Waals surface area contributed by atoms with Gasteiger partial charge in [0, 0.05) is 25.2 Å². The van der Waals surface area contributed by atoms with Crippen LogP contribution in [-0.4, -0.2) is 37.1 Å². The number of hydrogen-bond donors (Lipinski definition) is 1. The van der Waals surface area contributed by atoms with Crippen LogP contribution >= 0.6 is 0 Å². The van der Waals surface area contributed by atoms with Crippen LogP contribution < -0.4 is 5.32 Å². The lowest BCUT2D eigenvalue weighted by atomic mass is 9.76. The van der Waals surface area contributed by atoms with Crippen molar-refractivity contribution in [2.24, 2.45) is 0 Å². The lowest BCUT2D eigenvalue weighted by Crippen LogP contribution is -2.43. The molecule has 1 aromatic rings. The Morgan fingerprint density at radius 1 is 1.37 bits per heavy atom. The number of rotatable bonds is 6. The van der Waals surface area contributed by atoms with Crippen molar-refractivity contribution in [1.82, 2.24) is 10.2 Å². The van der Waals surface area contributed by atoms with E-state index in [2.05, 4.69) is 31.1 Å². The number of nitrogens with one attached hydrogen (secondary N) is 1. The quantitative estimate of drug-likeness (QED) is 0.849. The predicted molar refractivity (Wildman–Crippen MR) is 77.9 cm³/mol. The van der Waals surface area contributed by atoms with Crippen LogP contribution in [0, 0.1) is 5.82 Å². The molecule has 0 bridgehead atoms. The van der Waals surface area contributed by atoms with Gasteiger partial charge in [0.1, 0.15) is 5.82 Å². The van der Waals surface area contributed by atoms with Gasteiger partial charge >= 0.3 is 0 Å². The first-order valence-electron chi connectivity index (χ1n) is 7.25. The maximum Gasteiger partial charge on any atom is 0.123 e. The van der Waals surface area contributed by atoms with E-state index < -0.39 is 0 Å². The standard InChI is InChI=1S/C16H25FN2/c1-12(2)19(3)8-7-18-16-10-14(11-16)13-5-4-6-15(17)9-13/h4-6,9,12,14,16,18H,7-8,10-11H2,1-3H3. The monoisotopic (exact) mass is 264 g/mol. The summed E-state index contributed by atoms with van der Waals surface area (Å²) in [6.07, 6.45) is 2.27. The fourth-order valence-electron chi connectivity index (χ4n) is 2.52. The van der Waals surface area contributed by atoms with Gasteiger partial charge in [-0.1, -0.05) is 12.1 Å². The van der Waals surface area contributed by atoms with Crippen molar-refractivity contribution in [3.63, 3.8) is 0 Å². The molecule has 1 saturated carbocycles. The van der Waals surface area contributed by atoms with E-state index in [1.807, 2.05) is 12.1 Å². The molecule has 0 radical (unpaired) electrons. The van der Waals surface area contributed by atoms with Crippen LogP contribution in [0.2, 0.25) is 0 Å². The molecule has 19 heavy (non-hydrogen) atoms. The summed E-state index contributed by atoms with van der Waals surface area (Å²) in [6.45, 7) is 6.54. The van der Waals surface area contributed by atoms with Gasteiger partial charge in [0.25, 0.3) is 0 Å². The van der Waals surface area contributed by atoms with E-state index in [1.165, 1.54) is 6.07 Å². The first-order chi connectivity index (χ1) is 9.06. The van der Waals surface area contributed by atoms with Crippen molar-refractivity contribution in [2.45, 2.75) is 44.7 Å². The molecule has 1 fully saturated rings. The van der Waals surface area contributed by atoms with Crippen LogP contribution in [0.1, 0.15) is 38.2 Å². The number of benzene rings is 1. The summed E-state index contributed by atoms with van der Waals surface area (Å²) in [5, 5.41) is 3.58. The van der Waals surface area contributed by atoms with Gasteiger partial charge in [0.05, 0.1) is 0 Å². The second-order valence-corrected chi connectivity index (χ2v) is 5.95. The first-order valence-corrected chi connectivity index (χ1v) is 7.25. The van der Waals surface area contributed by atoms with Crippen molar-refractivity contribution >= 4 is 0 Å². The van der Waals surface area contributed by atoms with Crippen molar-refractivity contribution < 1.29 is 4.39 Å². The molecule has 0 atom stereocenters. The Balaban J connectivity index is 1.67. The maximum atomic E-state index is 13.1. The lowest BCUT2D eigenvalue weighted by molar-refractivity contribution is 0.242. The molecular weight excluding hydrogens is 239 g/mol. The zero-order valence-corrected chi connectivity index (χ0v) is 12.2. The highest BCUT2D eigenvalue weighted by molar-refractivity contribution is 5.23. The molecule has 0 spiro atoms. The van der Waals surface area contributed by atoms with Crippen LogP contribution in [-0.2, 0) is 0 Å². The summed E-state index contributed by atoms with van der Waals surface area (Å²) >= 11 is 0. The third kappa shape index (κ3) is 4.02. The fourth-order valence-corrected chi connectivity index (χ4v) is 2.52. The van der Waals surface area contributed by atoms with Gasteiger partial charge in [-0.2, -0.15) is 0 Å². The molecule has 0 heterocycles. The van der Waals surface area contributed by atoms with E-state index in [0.717, 1.165) is 31.5 Å². The van der Waals surface area contributed by atoms with Gasteiger partial charge in [0.15, 0.2) is 0 Å². The third-order valence-corrected chi connectivity index (χ3v) is 4.24. The summed E-state index contributed by atoms with van der Waals surface area (Å²) in [5.74, 6) is 0.420. The van der Waals surface area contributed by atoms with Gasteiger partial charge in [-0.25, -0.2) is 4.39 Å². The van der Waals surface area contributed by atoms with Gasteiger partial charge < -0.3 is 10.2 Å². The molecule has 0 unspecified atom stereocenters. The van der Waals surface area contributed by atoms with Crippen molar-refractivity contribution in [3.05, 3.63) is 35.6 Å². The highest BCUT2D eigenvalue weighted by Gasteiger charge is 2.29. The number of hydrogen-bond acceptors (Lipinski definition) is 2. The Kier molecular flexibility index (Phi) is 4.94. The normalized spacial score (nSPS) is 22.8. The van der Waals surface area contributed by atoms with Crippen molar-refractivity contribution in [1.29, 1.82) is 0 Å². The van der Waals surface area contributed by atoms with E-state index in [4.69, 9.17) is 0 Å². The summed E-state index contributed by atoms with van der Waals surface area (Å²) < 4.78 is 13.1. The van der Waals surface area contributed by atoms with E-state index in [9.17, 15) is 4.39 Å². The summed E-state index contributed by atoms with van der Waals surface area (Å²) in [4.78, 5) is 2.34. The Morgan fingerprint density at radius 3 is 2.74 bits per heavy atom. The molecule has 0 saturated heterocycles. The number of likely N-dealkylation sites (N-methyl/N-ethyl adjacent to an activating group) is 1. The molecule has 2 rings (SSSR count). The van der Waals surface area contributed by atoms with E-state index in [1.54, 1.807) is 6.07 Å². The zero-order chi connectivity index (χ0) is 13.8. The molecule has 106 valence electrons. The molecule has 3 heteroatoms. The van der Waals surface area contributed by atoms with Gasteiger partial charge in [-0.05, 0) is 57.4 Å². The molecule has 1 aliphatic carbocycles. The maximum absolute atomic E-state index is 13.1. The average Bonchev–Trinajstić information content (AvgIpc) is 2.31. The minimum absolute atomic E-state index is 0.118. The molecule has 1 aliphatic rings. The Hall–Kier alpha value is -0.930. The summed E-state index contributed by atoms with van der Waals surface area (Å²) in [7, 11) is 2.16. The van der Waals surface area contributed by atoms with Gasteiger partial charge in [-0.15, -0.1) is 0 Å². The average molecular weight is 264 g/mol. The van der Waals surface area contributed by atoms with Crippen molar-refractivity contribution in [2.75, 3.05) is 20.1 Å². The summed E-state index contributed by atoms with van der Waals surface area (Å²) in [6, 6.07) is 8.24. The Bertz CT molecular complexity index is 399. The van der Waals surface area contributed by atoms with Crippen molar-refractivity contribution in [3.8, 4) is 0 Å². The van der Waals surface area contributed by atoms with Crippen LogP contribution in [0.15, 0.2) is 24.3 Å². The van der Waals surface area contributed by atoms with Gasteiger partial charge in [0.2, 0.25) is 0 Å². The first kappa shape index (κ1) is 14.5. The lowest BCUT2D eigenvalue weighted by Gasteiger charge is -2.37. The van der Waals surface area contributed by atoms with E-state index in [0.29, 0.717) is 18.0 Å². The summed E-state index contributed by atoms with van der Waals surface area (Å²) in [5.41, 5.74) is 1.15. The van der Waals surface area contributed by atoms with Crippen LogP contribution in [0.4, 0.5) is 4.39 Å². The van der Waals surface area contributed by atoms with Gasteiger partial charge in [-0.3, -0.25) is 0 Å². The Morgan fingerprint density at radius 2 is 2.11 bits per heavy atom. The van der Waals surface area contributed by atoms with E-state index >= 15 is 0 Å². The minimum atomic E-state index is -0.118. The largest absolute Gasteiger partial charge is 0.313 e. The smallest absolute Gasteiger partial charge is 0.123 e.